The Morgan fingerprint density at radius 2 is 2.26 bits per heavy atom. The minimum atomic E-state index is -4.40. The number of ether oxygens (including phenoxy) is 1. The summed E-state index contributed by atoms with van der Waals surface area (Å²) >= 11 is 1.23. The number of hydrogen-bond donors (Lipinski definition) is 1. The number of aryl methyl sites for hydroxylation is 1. The lowest BCUT2D eigenvalue weighted by Crippen LogP contribution is -2.32. The van der Waals surface area contributed by atoms with Crippen molar-refractivity contribution in [2.45, 2.75) is 50.2 Å². The summed E-state index contributed by atoms with van der Waals surface area (Å²) in [5.41, 5.74) is 0.241. The Morgan fingerprint density at radius 1 is 1.44 bits per heavy atom. The standard InChI is InChI=1S/C18H22F3N3O2S/c1-2-7-24-15-9-12(18(19,20)21)5-6-14(15)23-17(24)27-11-16(25)22-10-13-4-3-8-26-13/h5-6,9,13H,2-4,7-8,10-11H2,1H3,(H,22,25)/t13-/m1/s1. The number of nitrogens with zero attached hydrogens (tertiary/aromatic N) is 2. The number of fused-ring (bicyclic) bond motifs is 1. The molecular formula is C18H22F3N3O2S. The molecule has 1 N–H and O–H groups in total. The Balaban J connectivity index is 1.71. The maximum absolute atomic E-state index is 13.0. The first-order chi connectivity index (χ1) is 12.9. The predicted molar refractivity (Wildman–Crippen MR) is 97.7 cm³/mol. The van der Waals surface area contributed by atoms with Crippen LogP contribution < -0.4 is 5.32 Å². The summed E-state index contributed by atoms with van der Waals surface area (Å²) in [5, 5.41) is 3.39. The number of carbonyl (C=O) groups is 1. The van der Waals surface area contributed by atoms with Crippen LogP contribution in [-0.4, -0.2) is 40.5 Å². The second kappa shape index (κ2) is 8.52. The molecule has 0 bridgehead atoms. The van der Waals surface area contributed by atoms with E-state index in [1.54, 1.807) is 4.57 Å². The van der Waals surface area contributed by atoms with Crippen molar-refractivity contribution in [3.05, 3.63) is 23.8 Å². The summed E-state index contributed by atoms with van der Waals surface area (Å²) in [6.45, 7) is 3.70. The first-order valence-electron chi connectivity index (χ1n) is 8.97. The number of nitrogens with one attached hydrogen (secondary N) is 1. The molecule has 2 aromatic rings. The van der Waals surface area contributed by atoms with Crippen molar-refractivity contribution in [3.63, 3.8) is 0 Å². The lowest BCUT2D eigenvalue weighted by Gasteiger charge is -2.11. The van der Waals surface area contributed by atoms with E-state index >= 15 is 0 Å². The highest BCUT2D eigenvalue weighted by atomic mass is 32.2. The van der Waals surface area contributed by atoms with Crippen LogP contribution in [0.4, 0.5) is 13.2 Å². The highest BCUT2D eigenvalue weighted by Crippen LogP contribution is 2.33. The van der Waals surface area contributed by atoms with Gasteiger partial charge in [-0.15, -0.1) is 0 Å². The van der Waals surface area contributed by atoms with Crippen LogP contribution in [0.2, 0.25) is 0 Å². The average molecular weight is 401 g/mol. The minimum absolute atomic E-state index is 0.0735. The van der Waals surface area contributed by atoms with Gasteiger partial charge in [-0.3, -0.25) is 4.79 Å². The van der Waals surface area contributed by atoms with Crippen LogP contribution in [-0.2, 0) is 22.3 Å². The van der Waals surface area contributed by atoms with Crippen molar-refractivity contribution in [3.8, 4) is 0 Å². The number of alkyl halides is 3. The molecule has 1 atom stereocenters. The van der Waals surface area contributed by atoms with Crippen LogP contribution in [0, 0.1) is 0 Å². The van der Waals surface area contributed by atoms with E-state index in [-0.39, 0.29) is 17.8 Å². The minimum Gasteiger partial charge on any atom is -0.376 e. The number of thioether (sulfide) groups is 1. The molecule has 1 amide bonds. The first-order valence-corrected chi connectivity index (χ1v) is 9.95. The summed E-state index contributed by atoms with van der Waals surface area (Å²) < 4.78 is 46.2. The third-order valence-corrected chi connectivity index (χ3v) is 5.35. The zero-order chi connectivity index (χ0) is 19.4. The zero-order valence-corrected chi connectivity index (χ0v) is 15.8. The summed E-state index contributed by atoms with van der Waals surface area (Å²) in [5.74, 6) is 0.0212. The summed E-state index contributed by atoms with van der Waals surface area (Å²) in [4.78, 5) is 16.5. The molecule has 1 aromatic heterocycles. The molecule has 0 radical (unpaired) electrons. The average Bonchev–Trinajstić information content (AvgIpc) is 3.25. The molecule has 1 aliphatic heterocycles. The van der Waals surface area contributed by atoms with Gasteiger partial charge in [-0.05, 0) is 37.5 Å². The van der Waals surface area contributed by atoms with Gasteiger partial charge in [0.25, 0.3) is 0 Å². The molecule has 0 spiro atoms. The molecule has 9 heteroatoms. The fraction of sp³-hybridized carbons (Fsp3) is 0.556. The van der Waals surface area contributed by atoms with Crippen molar-refractivity contribution in [2.75, 3.05) is 18.9 Å². The lowest BCUT2D eigenvalue weighted by atomic mass is 10.2. The molecule has 1 fully saturated rings. The highest BCUT2D eigenvalue weighted by Gasteiger charge is 2.31. The Morgan fingerprint density at radius 3 is 2.93 bits per heavy atom. The smallest absolute Gasteiger partial charge is 0.376 e. The van der Waals surface area contributed by atoms with Gasteiger partial charge >= 0.3 is 6.18 Å². The molecule has 0 unspecified atom stereocenters. The van der Waals surface area contributed by atoms with Crippen molar-refractivity contribution >= 4 is 28.7 Å². The van der Waals surface area contributed by atoms with Crippen LogP contribution >= 0.6 is 11.8 Å². The number of hydrogen-bond acceptors (Lipinski definition) is 4. The second-order valence-electron chi connectivity index (χ2n) is 6.48. The monoisotopic (exact) mass is 401 g/mol. The van der Waals surface area contributed by atoms with Crippen LogP contribution in [0.3, 0.4) is 0 Å². The topological polar surface area (TPSA) is 56.2 Å². The van der Waals surface area contributed by atoms with Crippen molar-refractivity contribution in [1.29, 1.82) is 0 Å². The van der Waals surface area contributed by atoms with Gasteiger partial charge in [-0.1, -0.05) is 18.7 Å². The molecule has 148 valence electrons. The largest absolute Gasteiger partial charge is 0.416 e. The molecule has 1 aromatic carbocycles. The van der Waals surface area contributed by atoms with E-state index in [0.717, 1.165) is 38.0 Å². The molecule has 2 heterocycles. The Bertz CT molecular complexity index is 801. The summed E-state index contributed by atoms with van der Waals surface area (Å²) in [6, 6.07) is 3.54. The maximum Gasteiger partial charge on any atom is 0.416 e. The molecule has 0 saturated carbocycles. The van der Waals surface area contributed by atoms with Crippen LogP contribution in [0.15, 0.2) is 23.4 Å². The van der Waals surface area contributed by atoms with Gasteiger partial charge in [0, 0.05) is 19.7 Å². The van der Waals surface area contributed by atoms with Crippen LogP contribution in [0.5, 0.6) is 0 Å². The van der Waals surface area contributed by atoms with Crippen molar-refractivity contribution in [1.82, 2.24) is 14.9 Å². The Kier molecular flexibility index (Phi) is 6.31. The van der Waals surface area contributed by atoms with Gasteiger partial charge in [0.1, 0.15) is 0 Å². The van der Waals surface area contributed by atoms with Gasteiger partial charge < -0.3 is 14.6 Å². The molecule has 3 rings (SSSR count). The van der Waals surface area contributed by atoms with E-state index in [0.29, 0.717) is 29.3 Å². The predicted octanol–water partition coefficient (Wildman–Crippen LogP) is 3.85. The van der Waals surface area contributed by atoms with E-state index in [2.05, 4.69) is 10.3 Å². The number of halogens is 3. The Hall–Kier alpha value is -1.74. The fourth-order valence-corrected chi connectivity index (χ4v) is 3.91. The van der Waals surface area contributed by atoms with Gasteiger partial charge in [0.2, 0.25) is 5.91 Å². The number of benzene rings is 1. The number of imidazole rings is 1. The number of amides is 1. The van der Waals surface area contributed by atoms with Crippen molar-refractivity contribution in [2.24, 2.45) is 0 Å². The number of aromatic nitrogens is 2. The van der Waals surface area contributed by atoms with E-state index in [4.69, 9.17) is 4.74 Å². The van der Waals surface area contributed by atoms with Crippen molar-refractivity contribution < 1.29 is 22.7 Å². The molecule has 1 aliphatic rings. The third-order valence-electron chi connectivity index (χ3n) is 4.37. The van der Waals surface area contributed by atoms with Crippen LogP contribution in [0.1, 0.15) is 31.7 Å². The molecule has 27 heavy (non-hydrogen) atoms. The van der Waals surface area contributed by atoms with E-state index in [1.165, 1.54) is 17.8 Å². The summed E-state index contributed by atoms with van der Waals surface area (Å²) in [6.07, 6.45) is -1.62. The van der Waals surface area contributed by atoms with Gasteiger partial charge in [-0.2, -0.15) is 13.2 Å². The molecule has 5 nitrogen and oxygen atoms in total. The summed E-state index contributed by atoms with van der Waals surface area (Å²) in [7, 11) is 0. The first kappa shape index (κ1) is 20.0. The normalized spacial score (nSPS) is 17.6. The van der Waals surface area contributed by atoms with Crippen LogP contribution in [0.25, 0.3) is 11.0 Å². The Labute approximate surface area is 159 Å². The number of carbonyl (C=O) groups excluding carboxylic acids is 1. The van der Waals surface area contributed by atoms with Gasteiger partial charge in [0.05, 0.1) is 28.5 Å². The highest BCUT2D eigenvalue weighted by molar-refractivity contribution is 7.99. The quantitative estimate of drug-likeness (QED) is 0.716. The van der Waals surface area contributed by atoms with Gasteiger partial charge in [-0.25, -0.2) is 4.98 Å². The molecule has 1 saturated heterocycles. The molecule has 0 aliphatic carbocycles. The van der Waals surface area contributed by atoms with Gasteiger partial charge in [0.15, 0.2) is 5.16 Å². The number of rotatable bonds is 7. The van der Waals surface area contributed by atoms with E-state index < -0.39 is 11.7 Å². The lowest BCUT2D eigenvalue weighted by molar-refractivity contribution is -0.137. The van der Waals surface area contributed by atoms with E-state index in [9.17, 15) is 18.0 Å². The molecular weight excluding hydrogens is 379 g/mol. The third kappa shape index (κ3) is 4.95. The SMILES string of the molecule is CCCn1c(SCC(=O)NC[C@H]2CCCO2)nc2ccc(C(F)(F)F)cc21. The fourth-order valence-electron chi connectivity index (χ4n) is 3.04. The maximum atomic E-state index is 13.0. The van der Waals surface area contributed by atoms with E-state index in [1.807, 2.05) is 6.92 Å². The zero-order valence-electron chi connectivity index (χ0n) is 15.0. The second-order valence-corrected chi connectivity index (χ2v) is 7.42.